The molecule has 3 aliphatic rings. The quantitative estimate of drug-likeness (QED) is 0.0199. The average molecular weight is 1330 g/mol. The molecule has 17 unspecified atom stereocenters. The predicted octanol–water partition coefficient (Wildman–Crippen LogP) is 9.99. The Morgan fingerprint density at radius 1 is 0.394 bits per heavy atom. The number of nitrogens with one attached hydrogen (secondary N) is 1. The van der Waals surface area contributed by atoms with E-state index in [2.05, 4.69) is 129 Å². The fourth-order valence-electron chi connectivity index (χ4n) is 11.2. The summed E-state index contributed by atoms with van der Waals surface area (Å²) in [6, 6.07) is -1.01. The molecular formula is C75H125NO18. The molecule has 3 aliphatic heterocycles. The lowest BCUT2D eigenvalue weighted by molar-refractivity contribution is -0.379. The van der Waals surface area contributed by atoms with Gasteiger partial charge < -0.3 is 89.9 Å². The van der Waals surface area contributed by atoms with Crippen LogP contribution in [0, 0.1) is 0 Å². The third kappa shape index (κ3) is 36.1. The Balaban J connectivity index is 1.45. The van der Waals surface area contributed by atoms with Gasteiger partial charge in [-0.1, -0.05) is 225 Å². The third-order valence-electron chi connectivity index (χ3n) is 17.0. The maximum absolute atomic E-state index is 13.4. The zero-order chi connectivity index (χ0) is 68.2. The summed E-state index contributed by atoms with van der Waals surface area (Å²) < 4.78 is 34.3. The molecule has 94 heavy (non-hydrogen) atoms. The van der Waals surface area contributed by atoms with Crippen molar-refractivity contribution in [2.75, 3.05) is 26.4 Å². The highest BCUT2D eigenvalue weighted by Gasteiger charge is 2.53. The molecule has 19 heteroatoms. The Morgan fingerprint density at radius 3 is 1.19 bits per heavy atom. The number of rotatable bonds is 53. The Morgan fingerprint density at radius 2 is 0.745 bits per heavy atom. The molecule has 17 atom stereocenters. The van der Waals surface area contributed by atoms with E-state index in [0.717, 1.165) is 116 Å². The largest absolute Gasteiger partial charge is 0.394 e. The standard InChI is InChI=1S/C75H125NO18/c1-3-5-7-9-11-13-15-17-19-21-23-25-26-27-28-29-30-31-32-33-35-37-39-41-43-45-47-49-51-53-63(81)76-58(59(80)52-50-48-46-44-42-40-38-36-34-24-22-20-18-16-14-12-10-8-6-4-2)57-89-73-69(87)66(84)71(61(55-78)91-73)94-75-70(88)67(85)72(62(56-79)92-75)93-74-68(86)65(83)64(82)60(54-77)90-74/h5,7,11,13,17,19,23,25,27-28,30-31,33-36,42,44,50,52,58-62,64-75,77-80,82-88H,3-4,6,8-10,12,14-16,18,20-22,24,26,29,32,37-41,43,45-49,51,53-57H2,1-2H3,(H,76,81)/b7-5-,13-11-,19-17-,25-23-,28-27-,31-30-,35-33-,36-34+,44-42+,52-50+. The van der Waals surface area contributed by atoms with Gasteiger partial charge in [-0.3, -0.25) is 4.79 Å². The molecule has 0 saturated carbocycles. The second kappa shape index (κ2) is 55.1. The van der Waals surface area contributed by atoms with E-state index in [4.69, 9.17) is 28.4 Å². The van der Waals surface area contributed by atoms with Gasteiger partial charge in [-0.15, -0.1) is 0 Å². The van der Waals surface area contributed by atoms with Gasteiger partial charge >= 0.3 is 0 Å². The molecule has 3 heterocycles. The van der Waals surface area contributed by atoms with E-state index in [-0.39, 0.29) is 18.9 Å². The number of aliphatic hydroxyl groups is 11. The molecule has 3 fully saturated rings. The summed E-state index contributed by atoms with van der Waals surface area (Å²) in [6.45, 7) is 1.57. The zero-order valence-electron chi connectivity index (χ0n) is 56.9. The normalized spacial score (nSPS) is 28.1. The van der Waals surface area contributed by atoms with E-state index in [0.29, 0.717) is 12.8 Å². The van der Waals surface area contributed by atoms with Crippen LogP contribution in [0.3, 0.4) is 0 Å². The fourth-order valence-corrected chi connectivity index (χ4v) is 11.2. The molecule has 0 aliphatic carbocycles. The van der Waals surface area contributed by atoms with E-state index < -0.39 is 124 Å². The molecule has 0 radical (unpaired) electrons. The van der Waals surface area contributed by atoms with Gasteiger partial charge in [-0.2, -0.15) is 0 Å². The smallest absolute Gasteiger partial charge is 0.220 e. The Labute approximate surface area is 563 Å². The van der Waals surface area contributed by atoms with Gasteiger partial charge in [0.2, 0.25) is 5.91 Å². The van der Waals surface area contributed by atoms with Crippen molar-refractivity contribution in [1.82, 2.24) is 5.32 Å². The minimum atomic E-state index is -1.99. The lowest BCUT2D eigenvalue weighted by atomic mass is 9.96. The van der Waals surface area contributed by atoms with Crippen LogP contribution in [0.15, 0.2) is 122 Å². The Hall–Kier alpha value is -3.81. The first-order valence-electron chi connectivity index (χ1n) is 35.8. The molecule has 12 N–H and O–H groups in total. The number of hydrogen-bond acceptors (Lipinski definition) is 18. The lowest BCUT2D eigenvalue weighted by Crippen LogP contribution is -2.66. The third-order valence-corrected chi connectivity index (χ3v) is 17.0. The average Bonchev–Trinajstić information content (AvgIpc) is 0.787. The molecule has 3 saturated heterocycles. The molecule has 538 valence electrons. The van der Waals surface area contributed by atoms with Crippen molar-refractivity contribution in [3.63, 3.8) is 0 Å². The first kappa shape index (κ1) is 84.4. The van der Waals surface area contributed by atoms with Crippen molar-refractivity contribution in [1.29, 1.82) is 0 Å². The molecular weight excluding hydrogens is 1200 g/mol. The lowest BCUT2D eigenvalue weighted by Gasteiger charge is -2.48. The molecule has 0 spiro atoms. The number of hydrogen-bond donors (Lipinski definition) is 12. The number of unbranched alkanes of at least 4 members (excludes halogenated alkanes) is 19. The highest BCUT2D eigenvalue weighted by atomic mass is 16.8. The van der Waals surface area contributed by atoms with E-state index >= 15 is 0 Å². The molecule has 0 aromatic heterocycles. The summed E-state index contributed by atoms with van der Waals surface area (Å²) in [5, 5.41) is 121. The first-order valence-corrected chi connectivity index (χ1v) is 35.8. The van der Waals surface area contributed by atoms with Crippen LogP contribution in [-0.4, -0.2) is 193 Å². The summed E-state index contributed by atoms with van der Waals surface area (Å²) in [7, 11) is 0. The van der Waals surface area contributed by atoms with E-state index in [1.807, 2.05) is 6.08 Å². The van der Waals surface area contributed by atoms with E-state index in [1.54, 1.807) is 6.08 Å². The predicted molar refractivity (Wildman–Crippen MR) is 369 cm³/mol. The van der Waals surface area contributed by atoms with Crippen molar-refractivity contribution in [2.45, 2.75) is 317 Å². The molecule has 19 nitrogen and oxygen atoms in total. The minimum absolute atomic E-state index is 0.211. The summed E-state index contributed by atoms with van der Waals surface area (Å²) in [6.07, 6.45) is 48.8. The van der Waals surface area contributed by atoms with E-state index in [9.17, 15) is 61.0 Å². The number of carbonyl (C=O) groups excluding carboxylic acids is 1. The SMILES string of the molecule is CC/C=C\C/C=C\C/C=C\C/C=C\C/C=C\C/C=C\C/C=C\CCCCCCCCCC(=O)NC(COC1OC(CO)C(OC2OC(CO)C(OC3OC(CO)C(O)C(O)C3O)C(O)C2O)C(O)C1O)C(O)/C=C/CC/C=C/CC/C=C/CCCCCCCCCCCC. The zero-order valence-corrected chi connectivity index (χ0v) is 56.9. The maximum atomic E-state index is 13.4. The van der Waals surface area contributed by atoms with Gasteiger partial charge in [0.1, 0.15) is 73.2 Å². The maximum Gasteiger partial charge on any atom is 0.220 e. The summed E-state index contributed by atoms with van der Waals surface area (Å²) >= 11 is 0. The van der Waals surface area contributed by atoms with Crippen LogP contribution in [0.1, 0.15) is 213 Å². The molecule has 0 aromatic carbocycles. The van der Waals surface area contributed by atoms with Crippen LogP contribution in [0.2, 0.25) is 0 Å². The van der Waals surface area contributed by atoms with Gasteiger partial charge in [-0.05, 0) is 103 Å². The molecule has 3 rings (SSSR count). The van der Waals surface area contributed by atoms with Crippen LogP contribution in [0.4, 0.5) is 0 Å². The minimum Gasteiger partial charge on any atom is -0.394 e. The van der Waals surface area contributed by atoms with Gasteiger partial charge in [-0.25, -0.2) is 0 Å². The number of carbonyl (C=O) groups is 1. The van der Waals surface area contributed by atoms with Crippen LogP contribution in [0.25, 0.3) is 0 Å². The van der Waals surface area contributed by atoms with Crippen molar-refractivity contribution in [3.8, 4) is 0 Å². The second-order valence-corrected chi connectivity index (χ2v) is 24.9. The molecule has 0 aromatic rings. The van der Waals surface area contributed by atoms with Gasteiger partial charge in [0.25, 0.3) is 0 Å². The number of aliphatic hydroxyl groups excluding tert-OH is 11. The monoisotopic (exact) mass is 1330 g/mol. The Kier molecular flexibility index (Phi) is 49.5. The van der Waals surface area contributed by atoms with Crippen molar-refractivity contribution >= 4 is 5.91 Å². The first-order chi connectivity index (χ1) is 45.8. The number of allylic oxidation sites excluding steroid dienone is 19. The van der Waals surface area contributed by atoms with Crippen LogP contribution < -0.4 is 5.32 Å². The highest BCUT2D eigenvalue weighted by Crippen LogP contribution is 2.33. The molecule has 1 amide bonds. The molecule has 0 bridgehead atoms. The van der Waals surface area contributed by atoms with Crippen molar-refractivity contribution in [3.05, 3.63) is 122 Å². The second-order valence-electron chi connectivity index (χ2n) is 24.9. The van der Waals surface area contributed by atoms with Crippen molar-refractivity contribution < 1.29 is 89.4 Å². The van der Waals surface area contributed by atoms with Gasteiger partial charge in [0, 0.05) is 6.42 Å². The topological polar surface area (TPSA) is 307 Å². The summed E-state index contributed by atoms with van der Waals surface area (Å²) in [5.41, 5.74) is 0. The van der Waals surface area contributed by atoms with Crippen LogP contribution in [-0.2, 0) is 33.2 Å². The Bertz CT molecular complexity index is 2180. The van der Waals surface area contributed by atoms with Crippen LogP contribution >= 0.6 is 0 Å². The number of ether oxygens (including phenoxy) is 6. The summed E-state index contributed by atoms with van der Waals surface area (Å²) in [5.74, 6) is -0.306. The van der Waals surface area contributed by atoms with E-state index in [1.165, 1.54) is 64.2 Å². The van der Waals surface area contributed by atoms with Gasteiger partial charge in [0.05, 0.1) is 38.6 Å². The summed E-state index contributed by atoms with van der Waals surface area (Å²) in [4.78, 5) is 13.4. The van der Waals surface area contributed by atoms with Crippen molar-refractivity contribution in [2.24, 2.45) is 0 Å². The fraction of sp³-hybridized carbons (Fsp3) is 0.720. The van der Waals surface area contributed by atoms with Gasteiger partial charge in [0.15, 0.2) is 18.9 Å². The number of amides is 1. The highest BCUT2D eigenvalue weighted by molar-refractivity contribution is 5.76. The van der Waals surface area contributed by atoms with Crippen LogP contribution in [0.5, 0.6) is 0 Å².